The molecule has 0 radical (unpaired) electrons. The SMILES string of the molecule is C[C@H](NC(=O)N1CCC2(CC1)C(=O)N(C)C2c1cccnc1)c1ccc(F)cc1. The molecule has 29 heavy (non-hydrogen) atoms. The van der Waals surface area contributed by atoms with Crippen LogP contribution in [-0.2, 0) is 4.79 Å². The van der Waals surface area contributed by atoms with Crippen molar-refractivity contribution in [3.05, 3.63) is 65.7 Å². The lowest BCUT2D eigenvalue weighted by atomic mass is 9.63. The highest BCUT2D eigenvalue weighted by Crippen LogP contribution is 2.55. The largest absolute Gasteiger partial charge is 0.337 e. The number of halogens is 1. The highest BCUT2D eigenvalue weighted by Gasteiger charge is 2.60. The molecular weight excluding hydrogens is 371 g/mol. The van der Waals surface area contributed by atoms with Crippen molar-refractivity contribution in [1.82, 2.24) is 20.1 Å². The molecule has 2 atom stereocenters. The maximum Gasteiger partial charge on any atom is 0.317 e. The van der Waals surface area contributed by atoms with Gasteiger partial charge in [0, 0.05) is 32.5 Å². The number of likely N-dealkylation sites (tertiary alicyclic amines) is 2. The summed E-state index contributed by atoms with van der Waals surface area (Å²) in [6, 6.07) is 9.64. The summed E-state index contributed by atoms with van der Waals surface area (Å²) in [6.07, 6.45) is 4.81. The lowest BCUT2D eigenvalue weighted by molar-refractivity contribution is -0.175. The fourth-order valence-corrected chi connectivity index (χ4v) is 4.68. The Bertz CT molecular complexity index is 895. The van der Waals surface area contributed by atoms with Crippen LogP contribution < -0.4 is 5.32 Å². The molecule has 1 unspecified atom stereocenters. The van der Waals surface area contributed by atoms with Gasteiger partial charge in [-0.15, -0.1) is 0 Å². The van der Waals surface area contributed by atoms with Crippen molar-refractivity contribution in [2.45, 2.75) is 31.8 Å². The molecule has 2 saturated heterocycles. The fraction of sp³-hybridized carbons (Fsp3) is 0.409. The van der Waals surface area contributed by atoms with E-state index in [2.05, 4.69) is 10.3 Å². The van der Waals surface area contributed by atoms with Crippen LogP contribution in [0.25, 0.3) is 0 Å². The monoisotopic (exact) mass is 396 g/mol. The van der Waals surface area contributed by atoms with Gasteiger partial charge in [-0.3, -0.25) is 9.78 Å². The Balaban J connectivity index is 1.40. The number of urea groups is 1. The van der Waals surface area contributed by atoms with E-state index < -0.39 is 5.41 Å². The number of carbonyl (C=O) groups is 2. The minimum absolute atomic E-state index is 0.00653. The molecule has 7 heteroatoms. The second kappa shape index (κ2) is 7.46. The number of piperidine rings is 1. The second-order valence-corrected chi connectivity index (χ2v) is 7.97. The summed E-state index contributed by atoms with van der Waals surface area (Å²) in [6.45, 7) is 2.93. The van der Waals surface area contributed by atoms with Gasteiger partial charge in [0.2, 0.25) is 5.91 Å². The summed E-state index contributed by atoms with van der Waals surface area (Å²) in [4.78, 5) is 33.2. The van der Waals surface area contributed by atoms with E-state index in [1.165, 1.54) is 12.1 Å². The molecule has 2 aliphatic heterocycles. The number of benzene rings is 1. The van der Waals surface area contributed by atoms with E-state index in [-0.39, 0.29) is 29.8 Å². The third kappa shape index (κ3) is 3.34. The topological polar surface area (TPSA) is 65.5 Å². The van der Waals surface area contributed by atoms with Crippen LogP contribution in [0.2, 0.25) is 0 Å². The standard InChI is InChI=1S/C22H25FN4O2/c1-15(16-5-7-18(23)8-6-16)25-21(29)27-12-9-22(10-13-27)19(26(2)20(22)28)17-4-3-11-24-14-17/h3-8,11,14-15,19H,9-10,12-13H2,1-2H3,(H,25,29)/t15-,19?/m0/s1. The number of hydrogen-bond acceptors (Lipinski definition) is 3. The molecule has 3 heterocycles. The van der Waals surface area contributed by atoms with Crippen molar-refractivity contribution in [2.75, 3.05) is 20.1 Å². The quantitative estimate of drug-likeness (QED) is 0.810. The molecule has 0 aliphatic carbocycles. The summed E-state index contributed by atoms with van der Waals surface area (Å²) in [7, 11) is 1.83. The van der Waals surface area contributed by atoms with Crippen LogP contribution in [0.5, 0.6) is 0 Å². The number of aromatic nitrogens is 1. The summed E-state index contributed by atoms with van der Waals surface area (Å²) < 4.78 is 13.1. The zero-order valence-electron chi connectivity index (χ0n) is 16.6. The number of pyridine rings is 1. The minimum Gasteiger partial charge on any atom is -0.337 e. The Morgan fingerprint density at radius 3 is 2.55 bits per heavy atom. The third-order valence-corrected chi connectivity index (χ3v) is 6.31. The van der Waals surface area contributed by atoms with E-state index in [1.54, 1.807) is 28.1 Å². The Labute approximate surface area is 169 Å². The van der Waals surface area contributed by atoms with E-state index in [1.807, 2.05) is 32.3 Å². The lowest BCUT2D eigenvalue weighted by Crippen LogP contribution is -2.65. The molecule has 2 fully saturated rings. The van der Waals surface area contributed by atoms with Gasteiger partial charge in [-0.1, -0.05) is 18.2 Å². The first-order valence-corrected chi connectivity index (χ1v) is 9.90. The van der Waals surface area contributed by atoms with Gasteiger partial charge < -0.3 is 15.1 Å². The minimum atomic E-state index is -0.447. The molecule has 1 aromatic heterocycles. The smallest absolute Gasteiger partial charge is 0.317 e. The van der Waals surface area contributed by atoms with Gasteiger partial charge in [-0.05, 0) is 49.1 Å². The van der Waals surface area contributed by atoms with Crippen LogP contribution in [-0.4, -0.2) is 46.9 Å². The van der Waals surface area contributed by atoms with Crippen LogP contribution in [0.1, 0.15) is 43.0 Å². The van der Waals surface area contributed by atoms with E-state index in [4.69, 9.17) is 0 Å². The molecule has 0 bridgehead atoms. The normalized spacial score (nSPS) is 21.6. The van der Waals surface area contributed by atoms with Gasteiger partial charge in [0.25, 0.3) is 0 Å². The number of carbonyl (C=O) groups excluding carboxylic acids is 2. The van der Waals surface area contributed by atoms with Gasteiger partial charge in [0.05, 0.1) is 17.5 Å². The summed E-state index contributed by atoms with van der Waals surface area (Å²) in [5.41, 5.74) is 1.44. The van der Waals surface area contributed by atoms with Gasteiger partial charge in [0.15, 0.2) is 0 Å². The predicted molar refractivity (Wildman–Crippen MR) is 106 cm³/mol. The van der Waals surface area contributed by atoms with Crippen LogP contribution in [0.3, 0.4) is 0 Å². The molecule has 6 nitrogen and oxygen atoms in total. The molecule has 1 spiro atoms. The van der Waals surface area contributed by atoms with Crippen molar-refractivity contribution < 1.29 is 14.0 Å². The molecule has 1 aromatic carbocycles. The van der Waals surface area contributed by atoms with Gasteiger partial charge in [-0.2, -0.15) is 0 Å². The number of nitrogens with zero attached hydrogens (tertiary/aromatic N) is 3. The lowest BCUT2D eigenvalue weighted by Gasteiger charge is -2.57. The van der Waals surface area contributed by atoms with E-state index in [0.717, 1.165) is 11.1 Å². The molecule has 2 aliphatic rings. The zero-order chi connectivity index (χ0) is 20.6. The third-order valence-electron chi connectivity index (χ3n) is 6.31. The van der Waals surface area contributed by atoms with Crippen molar-refractivity contribution in [2.24, 2.45) is 5.41 Å². The molecule has 1 N–H and O–H groups in total. The van der Waals surface area contributed by atoms with E-state index in [0.29, 0.717) is 25.9 Å². The first-order chi connectivity index (χ1) is 13.9. The summed E-state index contributed by atoms with van der Waals surface area (Å²) >= 11 is 0. The molecule has 4 rings (SSSR count). The van der Waals surface area contributed by atoms with Crippen molar-refractivity contribution in [1.29, 1.82) is 0 Å². The molecular formula is C22H25FN4O2. The van der Waals surface area contributed by atoms with Crippen molar-refractivity contribution in [3.63, 3.8) is 0 Å². The highest BCUT2D eigenvalue weighted by atomic mass is 19.1. The van der Waals surface area contributed by atoms with E-state index in [9.17, 15) is 14.0 Å². The average molecular weight is 396 g/mol. The van der Waals surface area contributed by atoms with Gasteiger partial charge >= 0.3 is 6.03 Å². The van der Waals surface area contributed by atoms with Crippen LogP contribution in [0, 0.1) is 11.2 Å². The zero-order valence-corrected chi connectivity index (χ0v) is 16.6. The number of β-lactam (4-membered cyclic amide) rings is 1. The fourth-order valence-electron chi connectivity index (χ4n) is 4.68. The van der Waals surface area contributed by atoms with Crippen molar-refractivity contribution >= 4 is 11.9 Å². The Kier molecular flexibility index (Phi) is 4.98. The number of hydrogen-bond donors (Lipinski definition) is 1. The van der Waals surface area contributed by atoms with Crippen molar-refractivity contribution in [3.8, 4) is 0 Å². The van der Waals surface area contributed by atoms with Crippen LogP contribution in [0.15, 0.2) is 48.8 Å². The number of amides is 3. The summed E-state index contributed by atoms with van der Waals surface area (Å²) in [5.74, 6) is -0.155. The number of rotatable bonds is 3. The highest BCUT2D eigenvalue weighted by molar-refractivity contribution is 5.91. The molecule has 0 saturated carbocycles. The first-order valence-electron chi connectivity index (χ1n) is 9.90. The van der Waals surface area contributed by atoms with Crippen LogP contribution >= 0.6 is 0 Å². The Morgan fingerprint density at radius 2 is 1.93 bits per heavy atom. The van der Waals surface area contributed by atoms with Crippen LogP contribution in [0.4, 0.5) is 9.18 Å². The summed E-state index contributed by atoms with van der Waals surface area (Å²) in [5, 5.41) is 2.97. The van der Waals surface area contributed by atoms with Gasteiger partial charge in [-0.25, -0.2) is 9.18 Å². The Hall–Kier alpha value is -2.96. The first kappa shape index (κ1) is 19.4. The average Bonchev–Trinajstić information content (AvgIpc) is 2.75. The van der Waals surface area contributed by atoms with E-state index >= 15 is 0 Å². The number of nitrogens with one attached hydrogen (secondary N) is 1. The molecule has 3 amide bonds. The predicted octanol–water partition coefficient (Wildman–Crippen LogP) is 3.29. The van der Waals surface area contributed by atoms with Gasteiger partial charge in [0.1, 0.15) is 5.82 Å². The molecule has 2 aromatic rings. The second-order valence-electron chi connectivity index (χ2n) is 7.97. The maximum atomic E-state index is 13.1. The molecule has 152 valence electrons. The Morgan fingerprint density at radius 1 is 1.24 bits per heavy atom. The maximum absolute atomic E-state index is 13.1.